The van der Waals surface area contributed by atoms with E-state index in [1.54, 1.807) is 0 Å². The van der Waals surface area contributed by atoms with Crippen molar-refractivity contribution in [3.8, 4) is 57.3 Å². The molecule has 10 aromatic carbocycles. The molecule has 0 N–H and O–H groups in total. The number of aromatic nitrogens is 6. The van der Waals surface area contributed by atoms with Gasteiger partial charge in [-0.1, -0.05) is 152 Å². The number of rotatable bonds is 6. The van der Waals surface area contributed by atoms with Crippen molar-refractivity contribution >= 4 is 87.4 Å². The van der Waals surface area contributed by atoms with Crippen molar-refractivity contribution in [3.05, 3.63) is 230 Å². The third-order valence-electron chi connectivity index (χ3n) is 14.3. The number of fused-ring (bicyclic) bond motifs is 12. The Morgan fingerprint density at radius 1 is 0.361 bits per heavy atom. The van der Waals surface area contributed by atoms with Crippen molar-refractivity contribution in [2.45, 2.75) is 0 Å². The number of nitrogens with zero attached hydrogens (tertiary/aromatic N) is 7. The van der Waals surface area contributed by atoms with E-state index in [2.05, 4.69) is 159 Å². The zero-order valence-corrected chi connectivity index (χ0v) is 38.4. The van der Waals surface area contributed by atoms with Gasteiger partial charge in [-0.15, -0.1) is 0 Å². The summed E-state index contributed by atoms with van der Waals surface area (Å²) in [7, 11) is 0. The van der Waals surface area contributed by atoms with Gasteiger partial charge >= 0.3 is 0 Å². The summed E-state index contributed by atoms with van der Waals surface area (Å²) in [6.07, 6.45) is 0. The maximum Gasteiger partial charge on any atom is 0.167 e. The quantitative estimate of drug-likeness (QED) is 0.166. The predicted octanol–water partition coefficient (Wildman–Crippen LogP) is 15.9. The molecular formula is C64H37N7O. The molecule has 0 amide bonds. The summed E-state index contributed by atoms with van der Waals surface area (Å²) in [5, 5.41) is 20.0. The number of nitriles is 1. The Hall–Kier alpha value is -10.1. The lowest BCUT2D eigenvalue weighted by atomic mass is 10.0. The van der Waals surface area contributed by atoms with E-state index < -0.39 is 0 Å². The minimum atomic E-state index is 0.406. The molecule has 8 nitrogen and oxygen atoms in total. The van der Waals surface area contributed by atoms with Crippen molar-refractivity contribution in [2.75, 3.05) is 0 Å². The second-order valence-electron chi connectivity index (χ2n) is 18.3. The molecule has 0 saturated carbocycles. The zero-order valence-electron chi connectivity index (χ0n) is 38.4. The van der Waals surface area contributed by atoms with Gasteiger partial charge in [-0.2, -0.15) is 5.26 Å². The Kier molecular flexibility index (Phi) is 8.55. The van der Waals surface area contributed by atoms with E-state index in [1.165, 1.54) is 10.8 Å². The first-order chi connectivity index (χ1) is 35.7. The molecule has 15 aromatic rings. The highest BCUT2D eigenvalue weighted by Crippen LogP contribution is 2.46. The van der Waals surface area contributed by atoms with Crippen LogP contribution in [0.5, 0.6) is 0 Å². The summed E-state index contributed by atoms with van der Waals surface area (Å²) in [4.78, 5) is 15.3. The fourth-order valence-corrected chi connectivity index (χ4v) is 11.2. The van der Waals surface area contributed by atoms with Crippen LogP contribution in [0.25, 0.3) is 139 Å². The molecule has 0 aliphatic carbocycles. The van der Waals surface area contributed by atoms with Crippen LogP contribution in [0.3, 0.4) is 0 Å². The zero-order chi connectivity index (χ0) is 47.4. The smallest absolute Gasteiger partial charge is 0.167 e. The van der Waals surface area contributed by atoms with Crippen LogP contribution in [0.1, 0.15) is 5.56 Å². The third kappa shape index (κ3) is 5.82. The van der Waals surface area contributed by atoms with E-state index in [-0.39, 0.29) is 0 Å². The predicted molar refractivity (Wildman–Crippen MR) is 291 cm³/mol. The van der Waals surface area contributed by atoms with Gasteiger partial charge in [0.2, 0.25) is 0 Å². The Labute approximate surface area is 411 Å². The number of hydrogen-bond acceptors (Lipinski definition) is 5. The van der Waals surface area contributed by atoms with Crippen LogP contribution in [0.15, 0.2) is 229 Å². The Morgan fingerprint density at radius 3 is 1.43 bits per heavy atom. The van der Waals surface area contributed by atoms with Crippen LogP contribution in [-0.4, -0.2) is 28.7 Å². The average molecular weight is 920 g/mol. The molecule has 0 unspecified atom stereocenters. The lowest BCUT2D eigenvalue weighted by molar-refractivity contribution is 0.669. The number of hydrogen-bond donors (Lipinski definition) is 0. The number of benzene rings is 10. The monoisotopic (exact) mass is 919 g/mol. The van der Waals surface area contributed by atoms with Gasteiger partial charge in [0, 0.05) is 60.2 Å². The van der Waals surface area contributed by atoms with Gasteiger partial charge in [0.25, 0.3) is 0 Å². The molecule has 0 aliphatic rings. The number of para-hydroxylation sites is 5. The lowest BCUT2D eigenvalue weighted by Crippen LogP contribution is -2.03. The Balaban J connectivity index is 1.08. The standard InChI is InChI=1S/C64H37N7O/c65-38-41-34-51(64-67-62(39-18-4-1-5-19-39)66-63(68-64)40-20-6-2-7-21-40)61-59(47-27-13-17-31-58(47)72-61)60(41)71-55-33-32-43(70-52-28-14-10-24-44(52)45-25-11-15-29-53(45)70)35-48(55)50-37-56-49(36-57(50)71)46-26-12-16-30-54(46)69(56)42-22-8-3-9-23-42/h1-37H. The second kappa shape index (κ2) is 15.5. The van der Waals surface area contributed by atoms with Gasteiger partial charge in [-0.3, -0.25) is 0 Å². The van der Waals surface area contributed by atoms with Crippen LogP contribution in [0, 0.1) is 11.3 Å². The summed E-state index contributed by atoms with van der Waals surface area (Å²) in [5.41, 5.74) is 13.2. The van der Waals surface area contributed by atoms with Crippen LogP contribution in [0.2, 0.25) is 0 Å². The van der Waals surface area contributed by atoms with Crippen molar-refractivity contribution in [3.63, 3.8) is 0 Å². The maximum absolute atomic E-state index is 11.6. The van der Waals surface area contributed by atoms with Crippen molar-refractivity contribution in [1.29, 1.82) is 5.26 Å². The van der Waals surface area contributed by atoms with Gasteiger partial charge in [-0.05, 0) is 72.8 Å². The first kappa shape index (κ1) is 39.9. The molecular weight excluding hydrogens is 883 g/mol. The van der Waals surface area contributed by atoms with Crippen LogP contribution < -0.4 is 0 Å². The summed E-state index contributed by atoms with van der Waals surface area (Å²) in [5.74, 6) is 1.45. The highest BCUT2D eigenvalue weighted by Gasteiger charge is 2.28. The Bertz CT molecular complexity index is 4640. The molecule has 8 heteroatoms. The highest BCUT2D eigenvalue weighted by atomic mass is 16.3. The fourth-order valence-electron chi connectivity index (χ4n) is 11.2. The molecule has 15 rings (SSSR count). The van der Waals surface area contributed by atoms with E-state index in [0.717, 1.165) is 93.6 Å². The molecule has 0 fully saturated rings. The molecule has 334 valence electrons. The van der Waals surface area contributed by atoms with E-state index in [1.807, 2.05) is 84.9 Å². The molecule has 0 bridgehead atoms. The summed E-state index contributed by atoms with van der Waals surface area (Å²) in [6, 6.07) is 80.3. The van der Waals surface area contributed by atoms with Crippen molar-refractivity contribution in [2.24, 2.45) is 0 Å². The first-order valence-corrected chi connectivity index (χ1v) is 24.0. The minimum absolute atomic E-state index is 0.406. The van der Waals surface area contributed by atoms with Crippen LogP contribution >= 0.6 is 0 Å². The molecule has 0 aliphatic heterocycles. The van der Waals surface area contributed by atoms with E-state index >= 15 is 0 Å². The van der Waals surface area contributed by atoms with Crippen LogP contribution in [-0.2, 0) is 0 Å². The summed E-state index contributed by atoms with van der Waals surface area (Å²) >= 11 is 0. The van der Waals surface area contributed by atoms with Gasteiger partial charge in [0.15, 0.2) is 17.5 Å². The molecule has 72 heavy (non-hydrogen) atoms. The van der Waals surface area contributed by atoms with Gasteiger partial charge in [-0.25, -0.2) is 15.0 Å². The average Bonchev–Trinajstić information content (AvgIpc) is 4.19. The second-order valence-corrected chi connectivity index (χ2v) is 18.3. The maximum atomic E-state index is 11.6. The van der Waals surface area contributed by atoms with Crippen LogP contribution in [0.4, 0.5) is 0 Å². The van der Waals surface area contributed by atoms with Gasteiger partial charge in [0.05, 0.1) is 55.3 Å². The van der Waals surface area contributed by atoms with E-state index in [4.69, 9.17) is 19.4 Å². The van der Waals surface area contributed by atoms with E-state index in [0.29, 0.717) is 39.8 Å². The SMILES string of the molecule is N#Cc1cc(-c2nc(-c3ccccc3)nc(-c3ccccc3)n2)c2oc3ccccc3c2c1-n1c2ccc(-n3c4ccccc4c4ccccc43)cc2c2cc3c(cc21)c1ccccc1n3-c1ccccc1. The van der Waals surface area contributed by atoms with Gasteiger partial charge < -0.3 is 18.1 Å². The molecule has 0 spiro atoms. The van der Waals surface area contributed by atoms with Crippen molar-refractivity contribution < 1.29 is 4.42 Å². The summed E-state index contributed by atoms with van der Waals surface area (Å²) < 4.78 is 14.0. The van der Waals surface area contributed by atoms with E-state index in [9.17, 15) is 5.26 Å². The number of furan rings is 1. The lowest BCUT2D eigenvalue weighted by Gasteiger charge is -2.15. The van der Waals surface area contributed by atoms with Gasteiger partial charge in [0.1, 0.15) is 17.2 Å². The molecule has 0 radical (unpaired) electrons. The minimum Gasteiger partial charge on any atom is -0.455 e. The molecule has 0 atom stereocenters. The highest BCUT2D eigenvalue weighted by molar-refractivity contribution is 6.22. The van der Waals surface area contributed by atoms with Crippen molar-refractivity contribution in [1.82, 2.24) is 28.7 Å². The first-order valence-electron chi connectivity index (χ1n) is 24.0. The fraction of sp³-hybridized carbons (Fsp3) is 0. The molecule has 0 saturated heterocycles. The normalized spacial score (nSPS) is 11.9. The third-order valence-corrected chi connectivity index (χ3v) is 14.3. The molecule has 5 heterocycles. The molecule has 5 aromatic heterocycles. The topological polar surface area (TPSA) is 90.4 Å². The largest absolute Gasteiger partial charge is 0.455 e. The Morgan fingerprint density at radius 2 is 0.819 bits per heavy atom. The summed E-state index contributed by atoms with van der Waals surface area (Å²) in [6.45, 7) is 0.